The van der Waals surface area contributed by atoms with E-state index in [4.69, 9.17) is 0 Å². The third-order valence-electron chi connectivity index (χ3n) is 1.95. The average molecular weight is 346 g/mol. The maximum atomic E-state index is 4.47. The number of nitrogens with one attached hydrogen (secondary N) is 1. The third-order valence-corrected chi connectivity index (χ3v) is 3.32. The number of thiazole rings is 1. The van der Waals surface area contributed by atoms with E-state index in [2.05, 4.69) is 49.8 Å². The maximum absolute atomic E-state index is 4.47. The summed E-state index contributed by atoms with van der Waals surface area (Å²) < 4.78 is 1.03. The summed E-state index contributed by atoms with van der Waals surface area (Å²) in [6.07, 6.45) is 2.90. The number of rotatable bonds is 4. The zero-order valence-electron chi connectivity index (χ0n) is 8.77. The topological polar surface area (TPSA) is 50.7 Å². The molecule has 2 aromatic heterocycles. The Morgan fingerprint density at radius 2 is 2.31 bits per heavy atom. The zero-order valence-corrected chi connectivity index (χ0v) is 11.7. The van der Waals surface area contributed by atoms with E-state index in [9.17, 15) is 0 Å². The second-order valence-corrected chi connectivity index (χ2v) is 5.07. The second-order valence-electron chi connectivity index (χ2n) is 3.19. The minimum absolute atomic E-state index is 0.681. The van der Waals surface area contributed by atoms with Crippen LogP contribution in [0.25, 0.3) is 11.5 Å². The van der Waals surface area contributed by atoms with Gasteiger partial charge in [0.1, 0.15) is 11.5 Å². The molecule has 0 aliphatic heterocycles. The van der Waals surface area contributed by atoms with Gasteiger partial charge < -0.3 is 5.32 Å². The first-order chi connectivity index (χ1) is 7.81. The zero-order chi connectivity index (χ0) is 11.4. The number of hydrogen-bond acceptors (Lipinski definition) is 5. The molecule has 0 spiro atoms. The molecular formula is C10H11IN4S. The monoisotopic (exact) mass is 346 g/mol. The lowest BCUT2D eigenvalue weighted by molar-refractivity contribution is 0.962. The molecule has 2 heterocycles. The van der Waals surface area contributed by atoms with Gasteiger partial charge in [0.25, 0.3) is 0 Å². The first-order valence-electron chi connectivity index (χ1n) is 4.96. The maximum Gasteiger partial charge on any atom is 0.181 e. The number of hydrogen-bond donors (Lipinski definition) is 1. The summed E-state index contributed by atoms with van der Waals surface area (Å²) in [4.78, 5) is 12.9. The molecule has 0 unspecified atom stereocenters. The molecule has 2 aromatic rings. The lowest BCUT2D eigenvalue weighted by Crippen LogP contribution is -2.05. The molecule has 0 amide bonds. The van der Waals surface area contributed by atoms with Crippen LogP contribution in [-0.2, 0) is 0 Å². The van der Waals surface area contributed by atoms with Crippen molar-refractivity contribution in [1.29, 1.82) is 0 Å². The van der Waals surface area contributed by atoms with Gasteiger partial charge in [-0.3, -0.25) is 0 Å². The molecule has 0 aliphatic carbocycles. The number of aromatic nitrogens is 3. The largest absolute Gasteiger partial charge is 0.369 e. The molecular weight excluding hydrogens is 335 g/mol. The van der Waals surface area contributed by atoms with Crippen LogP contribution in [0.15, 0.2) is 17.1 Å². The van der Waals surface area contributed by atoms with Gasteiger partial charge in [-0.2, -0.15) is 0 Å². The van der Waals surface area contributed by atoms with Crippen molar-refractivity contribution in [2.24, 2.45) is 0 Å². The Morgan fingerprint density at radius 1 is 1.44 bits per heavy atom. The Morgan fingerprint density at radius 3 is 3.00 bits per heavy atom. The van der Waals surface area contributed by atoms with Crippen LogP contribution in [0.5, 0.6) is 0 Å². The third kappa shape index (κ3) is 2.67. The van der Waals surface area contributed by atoms with Gasteiger partial charge in [0, 0.05) is 18.1 Å². The molecule has 0 aliphatic rings. The first kappa shape index (κ1) is 11.7. The summed E-state index contributed by atoms with van der Waals surface area (Å²) in [5.74, 6) is 1.57. The first-order valence-corrected chi connectivity index (χ1v) is 6.98. The fourth-order valence-corrected chi connectivity index (χ4v) is 2.16. The van der Waals surface area contributed by atoms with E-state index in [1.165, 1.54) is 0 Å². The van der Waals surface area contributed by atoms with Crippen molar-refractivity contribution in [3.8, 4) is 11.5 Å². The summed E-state index contributed by atoms with van der Waals surface area (Å²) in [5, 5.41) is 5.23. The van der Waals surface area contributed by atoms with Gasteiger partial charge in [-0.25, -0.2) is 15.0 Å². The van der Waals surface area contributed by atoms with Crippen molar-refractivity contribution in [3.63, 3.8) is 0 Å². The SMILES string of the molecule is CCCNc1nc(-c2cscn2)ncc1I. The van der Waals surface area contributed by atoms with E-state index in [1.807, 2.05) is 11.6 Å². The minimum Gasteiger partial charge on any atom is -0.369 e. The van der Waals surface area contributed by atoms with Gasteiger partial charge in [-0.05, 0) is 29.0 Å². The normalized spacial score (nSPS) is 10.4. The predicted octanol–water partition coefficient (Wildman–Crippen LogP) is 3.03. The predicted molar refractivity (Wildman–Crippen MR) is 74.6 cm³/mol. The van der Waals surface area contributed by atoms with Crippen molar-refractivity contribution in [1.82, 2.24) is 15.0 Å². The molecule has 0 bridgehead atoms. The highest BCUT2D eigenvalue weighted by atomic mass is 127. The molecule has 0 atom stereocenters. The van der Waals surface area contributed by atoms with Crippen LogP contribution in [0.4, 0.5) is 5.82 Å². The Bertz CT molecular complexity index is 458. The smallest absolute Gasteiger partial charge is 0.181 e. The highest BCUT2D eigenvalue weighted by molar-refractivity contribution is 14.1. The Kier molecular flexibility index (Phi) is 4.05. The number of nitrogens with zero attached hydrogens (tertiary/aromatic N) is 3. The van der Waals surface area contributed by atoms with E-state index in [0.717, 1.165) is 28.0 Å². The van der Waals surface area contributed by atoms with Gasteiger partial charge in [-0.15, -0.1) is 11.3 Å². The average Bonchev–Trinajstić information content (AvgIpc) is 2.81. The van der Waals surface area contributed by atoms with Crippen molar-refractivity contribution < 1.29 is 0 Å². The van der Waals surface area contributed by atoms with E-state index in [1.54, 1.807) is 16.8 Å². The Labute approximate surface area is 112 Å². The number of anilines is 1. The molecule has 0 fully saturated rings. The highest BCUT2D eigenvalue weighted by Crippen LogP contribution is 2.20. The van der Waals surface area contributed by atoms with Gasteiger partial charge in [-0.1, -0.05) is 6.92 Å². The van der Waals surface area contributed by atoms with Crippen LogP contribution < -0.4 is 5.32 Å². The molecule has 0 radical (unpaired) electrons. The van der Waals surface area contributed by atoms with Crippen LogP contribution >= 0.6 is 33.9 Å². The van der Waals surface area contributed by atoms with Crippen molar-refractivity contribution >= 4 is 39.7 Å². The van der Waals surface area contributed by atoms with Gasteiger partial charge in [0.2, 0.25) is 0 Å². The fraction of sp³-hybridized carbons (Fsp3) is 0.300. The molecule has 0 aromatic carbocycles. The van der Waals surface area contributed by atoms with Crippen molar-refractivity contribution in [3.05, 3.63) is 20.7 Å². The highest BCUT2D eigenvalue weighted by Gasteiger charge is 2.07. The fourth-order valence-electron chi connectivity index (χ4n) is 1.18. The standard InChI is InChI=1S/C10H11IN4S/c1-2-3-12-9-7(11)4-13-10(15-9)8-5-16-6-14-8/h4-6H,2-3H2,1H3,(H,12,13,15). The summed E-state index contributed by atoms with van der Waals surface area (Å²) in [5.41, 5.74) is 2.62. The van der Waals surface area contributed by atoms with Crippen LogP contribution in [0.2, 0.25) is 0 Å². The van der Waals surface area contributed by atoms with E-state index in [-0.39, 0.29) is 0 Å². The number of halogens is 1. The van der Waals surface area contributed by atoms with Gasteiger partial charge in [0.05, 0.1) is 9.08 Å². The summed E-state index contributed by atoms with van der Waals surface area (Å²) >= 11 is 3.78. The molecule has 1 N–H and O–H groups in total. The molecule has 0 saturated heterocycles. The van der Waals surface area contributed by atoms with Gasteiger partial charge >= 0.3 is 0 Å². The van der Waals surface area contributed by atoms with Crippen LogP contribution in [-0.4, -0.2) is 21.5 Å². The molecule has 84 valence electrons. The summed E-state index contributed by atoms with van der Waals surface area (Å²) in [6.45, 7) is 3.05. The lowest BCUT2D eigenvalue weighted by atomic mass is 10.4. The lowest BCUT2D eigenvalue weighted by Gasteiger charge is -2.06. The van der Waals surface area contributed by atoms with Crippen molar-refractivity contribution in [2.75, 3.05) is 11.9 Å². The van der Waals surface area contributed by atoms with Crippen molar-refractivity contribution in [2.45, 2.75) is 13.3 Å². The van der Waals surface area contributed by atoms with Gasteiger partial charge in [0.15, 0.2) is 5.82 Å². The quantitative estimate of drug-likeness (QED) is 0.865. The summed E-state index contributed by atoms with van der Waals surface area (Å²) in [7, 11) is 0. The Balaban J connectivity index is 2.28. The Hall–Kier alpha value is -0.760. The van der Waals surface area contributed by atoms with Crippen LogP contribution in [0.3, 0.4) is 0 Å². The van der Waals surface area contributed by atoms with E-state index in [0.29, 0.717) is 5.82 Å². The molecule has 6 heteroatoms. The minimum atomic E-state index is 0.681. The van der Waals surface area contributed by atoms with E-state index >= 15 is 0 Å². The van der Waals surface area contributed by atoms with Crippen LogP contribution in [0.1, 0.15) is 13.3 Å². The summed E-state index contributed by atoms with van der Waals surface area (Å²) in [6, 6.07) is 0. The van der Waals surface area contributed by atoms with Crippen LogP contribution in [0, 0.1) is 3.57 Å². The molecule has 0 saturated carbocycles. The molecule has 16 heavy (non-hydrogen) atoms. The molecule has 2 rings (SSSR count). The second kappa shape index (κ2) is 5.53. The van der Waals surface area contributed by atoms with E-state index < -0.39 is 0 Å². The molecule has 4 nitrogen and oxygen atoms in total.